The third-order valence-corrected chi connectivity index (χ3v) is 3.62. The van der Waals surface area contributed by atoms with Crippen molar-refractivity contribution in [1.29, 1.82) is 0 Å². The Bertz CT molecular complexity index is 657. The van der Waals surface area contributed by atoms with Crippen LogP contribution in [0.4, 0.5) is 0 Å². The molecule has 0 saturated heterocycles. The molecular weight excluding hydrogens is 262 g/mol. The molecule has 0 atom stereocenters. The van der Waals surface area contributed by atoms with Crippen molar-refractivity contribution in [2.75, 3.05) is 6.54 Å². The number of fused-ring (bicyclic) bond motifs is 1. The maximum atomic E-state index is 12.2. The zero-order valence-corrected chi connectivity index (χ0v) is 12.1. The number of carbonyl (C=O) groups excluding carboxylic acids is 1. The van der Waals surface area contributed by atoms with Crippen molar-refractivity contribution in [2.24, 2.45) is 5.92 Å². The largest absolute Gasteiger partial charge is 0.354 e. The molecule has 0 spiro atoms. The first kappa shape index (κ1) is 13.7. The van der Waals surface area contributed by atoms with E-state index in [0.29, 0.717) is 17.8 Å². The first-order valence-corrected chi connectivity index (χ1v) is 7.01. The highest BCUT2D eigenvalue weighted by Crippen LogP contribution is 2.19. The highest BCUT2D eigenvalue weighted by Gasteiger charge is 2.10. The predicted molar refractivity (Wildman–Crippen MR) is 76.5 cm³/mol. The van der Waals surface area contributed by atoms with Crippen molar-refractivity contribution in [2.45, 2.75) is 27.3 Å². The summed E-state index contributed by atoms with van der Waals surface area (Å²) in [7, 11) is 0. The Morgan fingerprint density at radius 2 is 2.26 bits per heavy atom. The van der Waals surface area contributed by atoms with E-state index in [1.54, 1.807) is 0 Å². The summed E-state index contributed by atoms with van der Waals surface area (Å²) in [5, 5.41) is 3.37. The lowest BCUT2D eigenvalue weighted by Crippen LogP contribution is -2.34. The van der Waals surface area contributed by atoms with Gasteiger partial charge in [-0.05, 0) is 18.9 Å². The summed E-state index contributed by atoms with van der Waals surface area (Å²) in [6.45, 7) is 6.61. The number of aryl methyl sites for hydroxylation is 1. The SMILES string of the molecule is Cc1cc2c(=O)n(CC(=O)NCC(C)C)cnc2s1. The fourth-order valence-electron chi connectivity index (χ4n) is 1.72. The number of hydrogen-bond donors (Lipinski definition) is 1. The van der Waals surface area contributed by atoms with Gasteiger partial charge in [-0.3, -0.25) is 14.2 Å². The lowest BCUT2D eigenvalue weighted by molar-refractivity contribution is -0.121. The lowest BCUT2D eigenvalue weighted by Gasteiger charge is -2.08. The smallest absolute Gasteiger partial charge is 0.262 e. The molecule has 102 valence electrons. The number of rotatable bonds is 4. The monoisotopic (exact) mass is 279 g/mol. The molecule has 2 aromatic rings. The van der Waals surface area contributed by atoms with Crippen molar-refractivity contribution in [3.8, 4) is 0 Å². The standard InChI is InChI=1S/C13H17N3O2S/c1-8(2)5-14-11(17)6-16-7-15-12-10(13(16)18)4-9(3)19-12/h4,7-8H,5-6H2,1-3H3,(H,14,17). The van der Waals surface area contributed by atoms with E-state index in [0.717, 1.165) is 9.71 Å². The van der Waals surface area contributed by atoms with Gasteiger partial charge in [-0.15, -0.1) is 11.3 Å². The van der Waals surface area contributed by atoms with Gasteiger partial charge in [0.15, 0.2) is 0 Å². The Morgan fingerprint density at radius 1 is 1.53 bits per heavy atom. The maximum absolute atomic E-state index is 12.2. The Hall–Kier alpha value is -1.69. The second-order valence-electron chi connectivity index (χ2n) is 4.95. The van der Waals surface area contributed by atoms with Crippen LogP contribution in [0.25, 0.3) is 10.2 Å². The molecule has 6 heteroatoms. The molecular formula is C13H17N3O2S. The second-order valence-corrected chi connectivity index (χ2v) is 6.19. The van der Waals surface area contributed by atoms with Crippen LogP contribution in [0, 0.1) is 12.8 Å². The number of hydrogen-bond acceptors (Lipinski definition) is 4. The number of nitrogens with one attached hydrogen (secondary N) is 1. The van der Waals surface area contributed by atoms with Gasteiger partial charge in [0.2, 0.25) is 5.91 Å². The average molecular weight is 279 g/mol. The van der Waals surface area contributed by atoms with E-state index in [4.69, 9.17) is 0 Å². The Morgan fingerprint density at radius 3 is 2.95 bits per heavy atom. The lowest BCUT2D eigenvalue weighted by atomic mass is 10.2. The van der Waals surface area contributed by atoms with E-state index in [2.05, 4.69) is 10.3 Å². The topological polar surface area (TPSA) is 64.0 Å². The molecule has 0 bridgehead atoms. The Kier molecular flexibility index (Phi) is 3.99. The van der Waals surface area contributed by atoms with E-state index in [9.17, 15) is 9.59 Å². The van der Waals surface area contributed by atoms with Crippen LogP contribution >= 0.6 is 11.3 Å². The Labute approximate surface area is 115 Å². The third kappa shape index (κ3) is 3.20. The van der Waals surface area contributed by atoms with Crippen molar-refractivity contribution in [1.82, 2.24) is 14.9 Å². The van der Waals surface area contributed by atoms with E-state index >= 15 is 0 Å². The molecule has 2 heterocycles. The zero-order chi connectivity index (χ0) is 14.0. The van der Waals surface area contributed by atoms with Gasteiger partial charge in [0.1, 0.15) is 11.4 Å². The number of amides is 1. The molecule has 0 saturated carbocycles. The molecule has 0 aliphatic carbocycles. The predicted octanol–water partition coefficient (Wildman–Crippen LogP) is 1.54. The number of aromatic nitrogens is 2. The molecule has 5 nitrogen and oxygen atoms in total. The molecule has 0 aromatic carbocycles. The summed E-state index contributed by atoms with van der Waals surface area (Å²) in [4.78, 5) is 29.9. The number of thiophene rings is 1. The molecule has 0 aliphatic heterocycles. The normalized spacial score (nSPS) is 11.2. The molecule has 0 radical (unpaired) electrons. The van der Waals surface area contributed by atoms with Gasteiger partial charge in [0.25, 0.3) is 5.56 Å². The second kappa shape index (κ2) is 5.52. The van der Waals surface area contributed by atoms with E-state index in [1.165, 1.54) is 22.2 Å². The molecule has 2 aromatic heterocycles. The molecule has 2 rings (SSSR count). The van der Waals surface area contributed by atoms with Crippen LogP contribution in [0.5, 0.6) is 0 Å². The quantitative estimate of drug-likeness (QED) is 0.923. The minimum absolute atomic E-state index is 0.0172. The van der Waals surface area contributed by atoms with Crippen molar-refractivity contribution in [3.05, 3.63) is 27.6 Å². The van der Waals surface area contributed by atoms with Crippen LogP contribution in [0.3, 0.4) is 0 Å². The first-order valence-electron chi connectivity index (χ1n) is 6.19. The van der Waals surface area contributed by atoms with E-state index < -0.39 is 0 Å². The minimum Gasteiger partial charge on any atom is -0.354 e. The van der Waals surface area contributed by atoms with Gasteiger partial charge >= 0.3 is 0 Å². The summed E-state index contributed by atoms with van der Waals surface area (Å²) < 4.78 is 1.35. The average Bonchev–Trinajstić information content (AvgIpc) is 2.72. The van der Waals surface area contributed by atoms with Gasteiger partial charge < -0.3 is 5.32 Å². The van der Waals surface area contributed by atoms with E-state index in [-0.39, 0.29) is 18.0 Å². The summed E-state index contributed by atoms with van der Waals surface area (Å²) in [6, 6.07) is 1.82. The number of carbonyl (C=O) groups is 1. The Balaban J connectivity index is 2.19. The molecule has 0 aliphatic rings. The minimum atomic E-state index is -0.163. The zero-order valence-electron chi connectivity index (χ0n) is 11.3. The highest BCUT2D eigenvalue weighted by molar-refractivity contribution is 7.18. The van der Waals surface area contributed by atoms with Crippen LogP contribution in [-0.4, -0.2) is 22.0 Å². The summed E-state index contributed by atoms with van der Waals surface area (Å²) in [5.74, 6) is 0.227. The van der Waals surface area contributed by atoms with Crippen LogP contribution in [-0.2, 0) is 11.3 Å². The summed E-state index contributed by atoms with van der Waals surface area (Å²) >= 11 is 1.48. The fourth-order valence-corrected chi connectivity index (χ4v) is 2.56. The molecule has 0 fully saturated rings. The van der Waals surface area contributed by atoms with Crippen LogP contribution < -0.4 is 10.9 Å². The fraction of sp³-hybridized carbons (Fsp3) is 0.462. The highest BCUT2D eigenvalue weighted by atomic mass is 32.1. The van der Waals surface area contributed by atoms with Gasteiger partial charge in [0, 0.05) is 11.4 Å². The molecule has 0 unspecified atom stereocenters. The molecule has 1 amide bonds. The van der Waals surface area contributed by atoms with Gasteiger partial charge in [-0.25, -0.2) is 4.98 Å². The van der Waals surface area contributed by atoms with Crippen molar-refractivity contribution >= 4 is 27.5 Å². The maximum Gasteiger partial charge on any atom is 0.262 e. The third-order valence-electron chi connectivity index (χ3n) is 2.66. The van der Waals surface area contributed by atoms with Crippen LogP contribution in [0.2, 0.25) is 0 Å². The molecule has 19 heavy (non-hydrogen) atoms. The van der Waals surface area contributed by atoms with Crippen LogP contribution in [0.1, 0.15) is 18.7 Å². The van der Waals surface area contributed by atoms with Gasteiger partial charge in [0.05, 0.1) is 11.7 Å². The van der Waals surface area contributed by atoms with Crippen LogP contribution in [0.15, 0.2) is 17.2 Å². The van der Waals surface area contributed by atoms with Crippen molar-refractivity contribution in [3.63, 3.8) is 0 Å². The summed E-state index contributed by atoms with van der Waals surface area (Å²) in [6.07, 6.45) is 1.44. The van der Waals surface area contributed by atoms with Crippen molar-refractivity contribution < 1.29 is 4.79 Å². The molecule has 1 N–H and O–H groups in total. The summed E-state index contributed by atoms with van der Waals surface area (Å²) in [5.41, 5.74) is -0.158. The van der Waals surface area contributed by atoms with Gasteiger partial charge in [-0.2, -0.15) is 0 Å². The number of nitrogens with zero attached hydrogens (tertiary/aromatic N) is 2. The van der Waals surface area contributed by atoms with E-state index in [1.807, 2.05) is 26.8 Å². The van der Waals surface area contributed by atoms with Gasteiger partial charge in [-0.1, -0.05) is 13.8 Å². The first-order chi connectivity index (χ1) is 8.97.